The fourth-order valence-corrected chi connectivity index (χ4v) is 4.15. The molecule has 4 rings (SSSR count). The number of rotatable bonds is 5. The van der Waals surface area contributed by atoms with Crippen LogP contribution in [0.4, 0.5) is 4.39 Å². The lowest BCUT2D eigenvalue weighted by molar-refractivity contribution is -0.116. The number of nitrogens with zero attached hydrogens (tertiary/aromatic N) is 3. The minimum Gasteiger partial charge on any atom is -0.298 e. The van der Waals surface area contributed by atoms with Crippen molar-refractivity contribution in [3.05, 3.63) is 70.5 Å². The Morgan fingerprint density at radius 2 is 1.93 bits per heavy atom. The Hall–Kier alpha value is -2.67. The summed E-state index contributed by atoms with van der Waals surface area (Å²) in [6.45, 7) is 2.15. The molecule has 0 bridgehead atoms. The molecule has 0 saturated heterocycles. The van der Waals surface area contributed by atoms with Gasteiger partial charge < -0.3 is 0 Å². The van der Waals surface area contributed by atoms with Gasteiger partial charge in [-0.15, -0.1) is 5.10 Å². The molecule has 0 saturated carbocycles. The number of hydrogen-bond donors (Lipinski definition) is 1. The summed E-state index contributed by atoms with van der Waals surface area (Å²) in [5.41, 5.74) is 0.792. The molecule has 2 aromatic rings. The molecule has 1 atom stereocenters. The largest absolute Gasteiger partial charge is 0.298 e. The van der Waals surface area contributed by atoms with Crippen molar-refractivity contribution in [2.24, 2.45) is 10.1 Å². The van der Waals surface area contributed by atoms with Crippen LogP contribution in [-0.4, -0.2) is 21.8 Å². The molecule has 1 N–H and O–H groups in total. The lowest BCUT2D eigenvalue weighted by Gasteiger charge is -2.34. The van der Waals surface area contributed by atoms with Gasteiger partial charge in [-0.2, -0.15) is 0 Å². The maximum Gasteiger partial charge on any atom is 0.276 e. The third kappa shape index (κ3) is 3.54. The molecule has 5 nitrogen and oxygen atoms in total. The Kier molecular flexibility index (Phi) is 5.43. The number of unbranched alkanes of at least 4 members (excludes halogenated alkanes) is 2. The van der Waals surface area contributed by atoms with Gasteiger partial charge in [-0.1, -0.05) is 67.9 Å². The van der Waals surface area contributed by atoms with Gasteiger partial charge in [0.25, 0.3) is 5.91 Å². The molecule has 2 aromatic carbocycles. The summed E-state index contributed by atoms with van der Waals surface area (Å²) in [5.74, 6) is 0.263. The van der Waals surface area contributed by atoms with Crippen molar-refractivity contribution in [2.45, 2.75) is 32.4 Å². The topological polar surface area (TPSA) is 57.1 Å². The summed E-state index contributed by atoms with van der Waals surface area (Å²) < 4.78 is 14.5. The molecule has 0 fully saturated rings. The Balaban J connectivity index is 1.79. The number of hydrogen-bond acceptors (Lipinski definition) is 5. The molecule has 144 valence electrons. The summed E-state index contributed by atoms with van der Waals surface area (Å²) in [5, 5.41) is 11.0. The van der Waals surface area contributed by atoms with E-state index in [9.17, 15) is 9.18 Å². The average molecular weight is 396 g/mol. The number of thioether (sulfide) groups is 1. The van der Waals surface area contributed by atoms with Gasteiger partial charge in [0.2, 0.25) is 0 Å². The molecule has 28 heavy (non-hydrogen) atoms. The van der Waals surface area contributed by atoms with Crippen LogP contribution in [0, 0.1) is 5.82 Å². The minimum atomic E-state index is -0.719. The molecular formula is C21H21FN4OS. The molecule has 2 aliphatic rings. The second kappa shape index (κ2) is 8.14. The molecule has 0 spiro atoms. The van der Waals surface area contributed by atoms with Crippen molar-refractivity contribution in [2.75, 3.05) is 5.75 Å². The van der Waals surface area contributed by atoms with Crippen LogP contribution in [0.3, 0.4) is 0 Å². The maximum atomic E-state index is 14.5. The molecule has 1 amide bonds. The highest BCUT2D eigenvalue weighted by molar-refractivity contribution is 8.13. The van der Waals surface area contributed by atoms with E-state index in [0.717, 1.165) is 25.0 Å². The number of carbonyl (C=O) groups excluding carboxylic acids is 1. The quantitative estimate of drug-likeness (QED) is 0.791. The first-order valence-electron chi connectivity index (χ1n) is 9.42. The number of hydrazone groups is 1. The van der Waals surface area contributed by atoms with Crippen LogP contribution in [0.1, 0.15) is 37.9 Å². The zero-order valence-electron chi connectivity index (χ0n) is 15.6. The number of amidine groups is 1. The van der Waals surface area contributed by atoms with Gasteiger partial charge in [-0.25, -0.2) is 9.40 Å². The van der Waals surface area contributed by atoms with Crippen molar-refractivity contribution >= 4 is 28.5 Å². The highest BCUT2D eigenvalue weighted by atomic mass is 32.2. The monoisotopic (exact) mass is 396 g/mol. The van der Waals surface area contributed by atoms with Gasteiger partial charge in [0, 0.05) is 16.5 Å². The van der Waals surface area contributed by atoms with Gasteiger partial charge >= 0.3 is 0 Å². The Labute approximate surface area is 167 Å². The second-order valence-corrected chi connectivity index (χ2v) is 7.73. The number of nitrogens with one attached hydrogen (secondary N) is 1. The predicted molar refractivity (Wildman–Crippen MR) is 109 cm³/mol. The molecule has 0 radical (unpaired) electrons. The van der Waals surface area contributed by atoms with Gasteiger partial charge in [0.1, 0.15) is 11.5 Å². The van der Waals surface area contributed by atoms with Crippen molar-refractivity contribution in [3.8, 4) is 0 Å². The molecular weight excluding hydrogens is 375 g/mol. The number of carbonyl (C=O) groups is 1. The van der Waals surface area contributed by atoms with E-state index < -0.39 is 6.17 Å². The minimum absolute atomic E-state index is 0.239. The Morgan fingerprint density at radius 1 is 1.14 bits per heavy atom. The zero-order valence-corrected chi connectivity index (χ0v) is 16.4. The lowest BCUT2D eigenvalue weighted by Crippen LogP contribution is -2.50. The smallest absolute Gasteiger partial charge is 0.276 e. The molecule has 0 aromatic heterocycles. The predicted octanol–water partition coefficient (Wildman–Crippen LogP) is 2.89. The first-order chi connectivity index (χ1) is 13.7. The number of para-hydroxylation sites is 1. The molecule has 0 unspecified atom stereocenters. The Bertz CT molecular complexity index is 1050. The van der Waals surface area contributed by atoms with Crippen molar-refractivity contribution < 1.29 is 9.18 Å². The van der Waals surface area contributed by atoms with Crippen LogP contribution in [0.5, 0.6) is 0 Å². The molecule has 2 aliphatic heterocycles. The normalized spacial score (nSPS) is 18.0. The third-order valence-corrected chi connectivity index (χ3v) is 5.64. The molecule has 2 heterocycles. The fraction of sp³-hybridized carbons (Fsp3) is 0.286. The van der Waals surface area contributed by atoms with Crippen molar-refractivity contribution in [1.82, 2.24) is 10.3 Å². The van der Waals surface area contributed by atoms with E-state index in [1.54, 1.807) is 23.2 Å². The van der Waals surface area contributed by atoms with Crippen LogP contribution in [0.25, 0.3) is 5.70 Å². The van der Waals surface area contributed by atoms with Gasteiger partial charge in [-0.05, 0) is 18.6 Å². The molecule has 0 aliphatic carbocycles. The first kappa shape index (κ1) is 18.7. The van der Waals surface area contributed by atoms with Crippen LogP contribution < -0.4 is 15.9 Å². The average Bonchev–Trinajstić information content (AvgIpc) is 2.71. The Morgan fingerprint density at radius 3 is 2.75 bits per heavy atom. The lowest BCUT2D eigenvalue weighted by atomic mass is 10.1. The molecule has 7 heteroatoms. The van der Waals surface area contributed by atoms with Crippen molar-refractivity contribution in [3.63, 3.8) is 0 Å². The highest BCUT2D eigenvalue weighted by Gasteiger charge is 2.35. The summed E-state index contributed by atoms with van der Waals surface area (Å²) in [7, 11) is 0. The van der Waals surface area contributed by atoms with Crippen molar-refractivity contribution in [1.29, 1.82) is 0 Å². The summed E-state index contributed by atoms with van der Waals surface area (Å²) in [4.78, 5) is 17.6. The van der Waals surface area contributed by atoms with Crippen LogP contribution in [0.2, 0.25) is 0 Å². The van der Waals surface area contributed by atoms with E-state index in [1.807, 2.05) is 24.3 Å². The van der Waals surface area contributed by atoms with E-state index in [0.29, 0.717) is 27.0 Å². The number of halogens is 1. The van der Waals surface area contributed by atoms with Crippen LogP contribution >= 0.6 is 11.8 Å². The van der Waals surface area contributed by atoms with Crippen LogP contribution in [-0.2, 0) is 4.79 Å². The standard InChI is InChI=1S/C21H21FN4OS/c1-2-3-8-13-28-21-24-20(27)18-15-10-5-7-12-17(15)23-19(26(18)25-21)14-9-4-6-11-16(14)22/h4-7,9-12,19H,2-3,8,13H2,1H3,(H,24,25,27)/t19-/m1/s1. The first-order valence-corrected chi connectivity index (χ1v) is 10.4. The highest BCUT2D eigenvalue weighted by Crippen LogP contribution is 2.31. The number of fused-ring (bicyclic) bond motifs is 2. The number of benzene rings is 2. The summed E-state index contributed by atoms with van der Waals surface area (Å²) in [6.07, 6.45) is 2.60. The van der Waals surface area contributed by atoms with E-state index in [-0.39, 0.29) is 11.7 Å². The SMILES string of the molecule is CCCCCSC1=NN2C(=c3ccccc3=N[C@H]2c2ccccc2F)C(=O)N1. The van der Waals surface area contributed by atoms with E-state index in [1.165, 1.54) is 17.8 Å². The second-order valence-electron chi connectivity index (χ2n) is 6.65. The summed E-state index contributed by atoms with van der Waals surface area (Å²) >= 11 is 1.51. The third-order valence-electron chi connectivity index (χ3n) is 4.69. The van der Waals surface area contributed by atoms with Gasteiger partial charge in [0.05, 0.1) is 5.36 Å². The van der Waals surface area contributed by atoms with E-state index in [2.05, 4.69) is 17.3 Å². The number of amides is 1. The maximum absolute atomic E-state index is 14.5. The van der Waals surface area contributed by atoms with Gasteiger partial charge in [-0.3, -0.25) is 15.1 Å². The van der Waals surface area contributed by atoms with Crippen LogP contribution in [0.15, 0.2) is 58.6 Å². The van der Waals surface area contributed by atoms with E-state index in [4.69, 9.17) is 4.99 Å². The van der Waals surface area contributed by atoms with Gasteiger partial charge in [0.15, 0.2) is 11.3 Å². The van der Waals surface area contributed by atoms with E-state index >= 15 is 0 Å². The zero-order chi connectivity index (χ0) is 19.5. The summed E-state index contributed by atoms with van der Waals surface area (Å²) in [6, 6.07) is 13.9. The fourth-order valence-electron chi connectivity index (χ4n) is 3.30.